The summed E-state index contributed by atoms with van der Waals surface area (Å²) in [6.45, 7) is 4.55. The van der Waals surface area contributed by atoms with Gasteiger partial charge in [-0.3, -0.25) is 4.79 Å². The molecular formula is C9H17NO2. The van der Waals surface area contributed by atoms with Gasteiger partial charge >= 0.3 is 5.97 Å². The van der Waals surface area contributed by atoms with Crippen LogP contribution in [0.4, 0.5) is 0 Å². The second kappa shape index (κ2) is 3.90. The van der Waals surface area contributed by atoms with Gasteiger partial charge in [0.25, 0.3) is 0 Å². The smallest absolute Gasteiger partial charge is 0.317 e. The number of carbonyl (C=O) groups is 1. The molecule has 0 atom stereocenters. The van der Waals surface area contributed by atoms with E-state index in [1.165, 1.54) is 0 Å². The van der Waals surface area contributed by atoms with Gasteiger partial charge in [0.1, 0.15) is 0 Å². The zero-order chi connectivity index (χ0) is 9.14. The van der Waals surface area contributed by atoms with Crippen LogP contribution in [-0.2, 0) is 4.79 Å². The minimum atomic E-state index is -0.761. The standard InChI is InChI=1S/C9H17NO2/c1-6(2)7-3-8(4-7)10-5-9(11)12/h6-8,10H,3-5H2,1-2H3,(H,11,12). The lowest BCUT2D eigenvalue weighted by molar-refractivity contribution is -0.136. The third-order valence-corrected chi connectivity index (χ3v) is 2.66. The molecule has 3 nitrogen and oxygen atoms in total. The lowest BCUT2D eigenvalue weighted by Crippen LogP contribution is -2.44. The van der Waals surface area contributed by atoms with Crippen molar-refractivity contribution in [1.29, 1.82) is 0 Å². The fourth-order valence-corrected chi connectivity index (χ4v) is 1.60. The van der Waals surface area contributed by atoms with Gasteiger partial charge in [-0.2, -0.15) is 0 Å². The summed E-state index contributed by atoms with van der Waals surface area (Å²) in [4.78, 5) is 10.2. The first-order chi connectivity index (χ1) is 5.59. The van der Waals surface area contributed by atoms with E-state index in [1.807, 2.05) is 0 Å². The van der Waals surface area contributed by atoms with E-state index < -0.39 is 5.97 Å². The van der Waals surface area contributed by atoms with Crippen LogP contribution < -0.4 is 5.32 Å². The van der Waals surface area contributed by atoms with Gasteiger partial charge in [0.2, 0.25) is 0 Å². The summed E-state index contributed by atoms with van der Waals surface area (Å²) >= 11 is 0. The predicted octanol–water partition coefficient (Wildman–Crippen LogP) is 1.10. The molecule has 0 aliphatic heterocycles. The average molecular weight is 171 g/mol. The maximum atomic E-state index is 10.2. The van der Waals surface area contributed by atoms with E-state index in [1.54, 1.807) is 0 Å². The van der Waals surface area contributed by atoms with Crippen LogP contribution in [0.15, 0.2) is 0 Å². The van der Waals surface area contributed by atoms with Gasteiger partial charge in [-0.25, -0.2) is 0 Å². The molecular weight excluding hydrogens is 154 g/mol. The van der Waals surface area contributed by atoms with Crippen LogP contribution >= 0.6 is 0 Å². The summed E-state index contributed by atoms with van der Waals surface area (Å²) in [5.41, 5.74) is 0. The van der Waals surface area contributed by atoms with Crippen molar-refractivity contribution in [3.05, 3.63) is 0 Å². The Bertz CT molecular complexity index is 162. The molecule has 0 aromatic rings. The van der Waals surface area contributed by atoms with E-state index in [0.717, 1.165) is 24.7 Å². The van der Waals surface area contributed by atoms with Crippen LogP contribution in [0.1, 0.15) is 26.7 Å². The Morgan fingerprint density at radius 1 is 1.58 bits per heavy atom. The Labute approximate surface area is 73.2 Å². The van der Waals surface area contributed by atoms with E-state index in [9.17, 15) is 4.79 Å². The zero-order valence-electron chi connectivity index (χ0n) is 7.71. The van der Waals surface area contributed by atoms with Gasteiger partial charge in [0.05, 0.1) is 6.54 Å². The van der Waals surface area contributed by atoms with E-state index in [-0.39, 0.29) is 6.54 Å². The second-order valence-corrected chi connectivity index (χ2v) is 3.95. The molecule has 0 heterocycles. The SMILES string of the molecule is CC(C)C1CC(NCC(=O)O)C1. The van der Waals surface area contributed by atoms with E-state index in [0.29, 0.717) is 6.04 Å². The lowest BCUT2D eigenvalue weighted by atomic mass is 9.74. The zero-order valence-corrected chi connectivity index (χ0v) is 7.71. The first kappa shape index (κ1) is 9.52. The molecule has 2 N–H and O–H groups in total. The average Bonchev–Trinajstić information content (AvgIpc) is 1.82. The Hall–Kier alpha value is -0.570. The fourth-order valence-electron chi connectivity index (χ4n) is 1.60. The van der Waals surface area contributed by atoms with Crippen LogP contribution in [-0.4, -0.2) is 23.7 Å². The molecule has 0 amide bonds. The predicted molar refractivity (Wildman–Crippen MR) is 47.0 cm³/mol. The van der Waals surface area contributed by atoms with E-state index >= 15 is 0 Å². The van der Waals surface area contributed by atoms with Crippen molar-refractivity contribution in [3.63, 3.8) is 0 Å². The van der Waals surface area contributed by atoms with Gasteiger partial charge in [0, 0.05) is 6.04 Å². The third kappa shape index (κ3) is 2.48. The monoisotopic (exact) mass is 171 g/mol. The largest absolute Gasteiger partial charge is 0.480 e. The summed E-state index contributed by atoms with van der Waals surface area (Å²) in [7, 11) is 0. The molecule has 0 bridgehead atoms. The van der Waals surface area contributed by atoms with Crippen LogP contribution in [0, 0.1) is 11.8 Å². The molecule has 70 valence electrons. The van der Waals surface area contributed by atoms with Crippen molar-refractivity contribution in [1.82, 2.24) is 5.32 Å². The van der Waals surface area contributed by atoms with Crippen molar-refractivity contribution < 1.29 is 9.90 Å². The van der Waals surface area contributed by atoms with Crippen LogP contribution in [0.3, 0.4) is 0 Å². The van der Waals surface area contributed by atoms with Crippen molar-refractivity contribution in [2.45, 2.75) is 32.7 Å². The molecule has 0 unspecified atom stereocenters. The van der Waals surface area contributed by atoms with Gasteiger partial charge in [-0.15, -0.1) is 0 Å². The summed E-state index contributed by atoms with van der Waals surface area (Å²) in [5.74, 6) is 0.784. The fraction of sp³-hybridized carbons (Fsp3) is 0.889. The molecule has 0 aromatic heterocycles. The number of hydrogen-bond acceptors (Lipinski definition) is 2. The number of carboxylic acid groups (broad SMARTS) is 1. The first-order valence-electron chi connectivity index (χ1n) is 4.54. The summed E-state index contributed by atoms with van der Waals surface area (Å²) in [6, 6.07) is 0.452. The number of hydrogen-bond donors (Lipinski definition) is 2. The highest BCUT2D eigenvalue weighted by Gasteiger charge is 2.30. The van der Waals surface area contributed by atoms with Crippen molar-refractivity contribution >= 4 is 5.97 Å². The maximum absolute atomic E-state index is 10.2. The molecule has 1 fully saturated rings. The van der Waals surface area contributed by atoms with E-state index in [4.69, 9.17) is 5.11 Å². The van der Waals surface area contributed by atoms with Gasteiger partial charge in [-0.05, 0) is 24.7 Å². The molecule has 1 aliphatic rings. The lowest BCUT2D eigenvalue weighted by Gasteiger charge is -2.38. The number of nitrogens with one attached hydrogen (secondary N) is 1. The molecule has 1 aliphatic carbocycles. The Kier molecular flexibility index (Phi) is 3.09. The van der Waals surface area contributed by atoms with Crippen molar-refractivity contribution in [2.24, 2.45) is 11.8 Å². The highest BCUT2D eigenvalue weighted by atomic mass is 16.4. The van der Waals surface area contributed by atoms with Gasteiger partial charge < -0.3 is 10.4 Å². The molecule has 3 heteroatoms. The van der Waals surface area contributed by atoms with Crippen LogP contribution in [0.2, 0.25) is 0 Å². The minimum Gasteiger partial charge on any atom is -0.480 e. The van der Waals surface area contributed by atoms with Gasteiger partial charge in [0.15, 0.2) is 0 Å². The Morgan fingerprint density at radius 2 is 2.17 bits per heavy atom. The highest BCUT2D eigenvalue weighted by Crippen LogP contribution is 2.33. The van der Waals surface area contributed by atoms with E-state index in [2.05, 4.69) is 19.2 Å². The molecule has 12 heavy (non-hydrogen) atoms. The third-order valence-electron chi connectivity index (χ3n) is 2.66. The minimum absolute atomic E-state index is 0.107. The Morgan fingerprint density at radius 3 is 2.58 bits per heavy atom. The molecule has 0 saturated heterocycles. The quantitative estimate of drug-likeness (QED) is 0.665. The number of aliphatic carboxylic acids is 1. The summed E-state index contributed by atoms with van der Waals surface area (Å²) in [6.07, 6.45) is 2.29. The van der Waals surface area contributed by atoms with Crippen molar-refractivity contribution in [2.75, 3.05) is 6.54 Å². The van der Waals surface area contributed by atoms with Crippen molar-refractivity contribution in [3.8, 4) is 0 Å². The molecule has 1 saturated carbocycles. The van der Waals surface area contributed by atoms with Gasteiger partial charge in [-0.1, -0.05) is 13.8 Å². The number of rotatable bonds is 4. The molecule has 0 radical (unpaired) electrons. The molecule has 0 spiro atoms. The molecule has 1 rings (SSSR count). The van der Waals surface area contributed by atoms with Crippen LogP contribution in [0.5, 0.6) is 0 Å². The second-order valence-electron chi connectivity index (χ2n) is 3.95. The Balaban J connectivity index is 2.06. The summed E-state index contributed by atoms with van der Waals surface area (Å²) in [5, 5.41) is 11.4. The maximum Gasteiger partial charge on any atom is 0.317 e. The normalized spacial score (nSPS) is 28.6. The highest BCUT2D eigenvalue weighted by molar-refractivity contribution is 5.69. The van der Waals surface area contributed by atoms with Crippen LogP contribution in [0.25, 0.3) is 0 Å². The topological polar surface area (TPSA) is 49.3 Å². The number of carboxylic acids is 1. The first-order valence-corrected chi connectivity index (χ1v) is 4.54. The molecule has 0 aromatic carbocycles. The summed E-state index contributed by atoms with van der Waals surface area (Å²) < 4.78 is 0.